The Balaban J connectivity index is 2.20. The first-order chi connectivity index (χ1) is 9.70. The summed E-state index contributed by atoms with van der Waals surface area (Å²) in [4.78, 5) is 30.1. The smallest absolute Gasteiger partial charge is 0.262 e. The maximum absolute atomic E-state index is 11.9. The molecule has 6 heteroatoms. The van der Waals surface area contributed by atoms with E-state index in [4.69, 9.17) is 5.11 Å². The van der Waals surface area contributed by atoms with Gasteiger partial charge in [0.15, 0.2) is 5.43 Å². The number of nitrogens with one attached hydrogen (secondary N) is 2. The van der Waals surface area contributed by atoms with Crippen molar-refractivity contribution in [1.29, 1.82) is 0 Å². The van der Waals surface area contributed by atoms with Crippen molar-refractivity contribution in [3.05, 3.63) is 58.1 Å². The van der Waals surface area contributed by atoms with Crippen molar-refractivity contribution in [1.82, 2.24) is 9.97 Å². The van der Waals surface area contributed by atoms with Gasteiger partial charge in [-0.15, -0.1) is 0 Å². The first-order valence-electron chi connectivity index (χ1n) is 5.75. The fourth-order valence-electron chi connectivity index (χ4n) is 1.50. The quantitative estimate of drug-likeness (QED) is 0.686. The van der Waals surface area contributed by atoms with E-state index in [1.165, 1.54) is 24.7 Å². The van der Waals surface area contributed by atoms with Gasteiger partial charge in [-0.1, -0.05) is 11.8 Å². The summed E-state index contributed by atoms with van der Waals surface area (Å²) < 4.78 is 0. The number of rotatable bonds is 2. The number of amides is 1. The second-order valence-corrected chi connectivity index (χ2v) is 3.77. The van der Waals surface area contributed by atoms with Crippen LogP contribution in [-0.2, 0) is 0 Å². The van der Waals surface area contributed by atoms with E-state index >= 15 is 0 Å². The minimum Gasteiger partial charge on any atom is -0.384 e. The highest BCUT2D eigenvalue weighted by Gasteiger charge is 2.10. The number of carbonyl (C=O) groups excluding carboxylic acids is 1. The third kappa shape index (κ3) is 3.31. The third-order valence-electron chi connectivity index (χ3n) is 2.38. The van der Waals surface area contributed by atoms with Gasteiger partial charge in [0.1, 0.15) is 18.0 Å². The lowest BCUT2D eigenvalue weighted by Gasteiger charge is -2.03. The van der Waals surface area contributed by atoms with Crippen LogP contribution >= 0.6 is 0 Å². The number of nitrogens with zero attached hydrogens (tertiary/aromatic N) is 1. The summed E-state index contributed by atoms with van der Waals surface area (Å²) >= 11 is 0. The van der Waals surface area contributed by atoms with E-state index in [0.29, 0.717) is 5.56 Å². The van der Waals surface area contributed by atoms with Crippen LogP contribution < -0.4 is 10.7 Å². The van der Waals surface area contributed by atoms with Crippen molar-refractivity contribution >= 4 is 11.7 Å². The molecule has 0 bridgehead atoms. The van der Waals surface area contributed by atoms with E-state index in [9.17, 15) is 9.59 Å². The number of hydrogen-bond donors (Lipinski definition) is 3. The molecule has 0 aliphatic rings. The van der Waals surface area contributed by atoms with Crippen LogP contribution in [0.2, 0.25) is 0 Å². The Morgan fingerprint density at radius 3 is 3.05 bits per heavy atom. The molecule has 6 nitrogen and oxygen atoms in total. The lowest BCUT2D eigenvalue weighted by molar-refractivity contribution is 0.102. The van der Waals surface area contributed by atoms with Crippen molar-refractivity contribution in [3.63, 3.8) is 0 Å². The highest BCUT2D eigenvalue weighted by molar-refractivity contribution is 6.03. The number of pyridine rings is 2. The van der Waals surface area contributed by atoms with Gasteiger partial charge < -0.3 is 15.4 Å². The van der Waals surface area contributed by atoms with Crippen LogP contribution in [0.25, 0.3) is 0 Å². The summed E-state index contributed by atoms with van der Waals surface area (Å²) in [5.41, 5.74) is 0.227. The van der Waals surface area contributed by atoms with Crippen molar-refractivity contribution in [2.45, 2.75) is 0 Å². The number of aliphatic hydroxyl groups is 1. The normalized spacial score (nSPS) is 9.45. The molecule has 0 spiro atoms. The zero-order valence-electron chi connectivity index (χ0n) is 10.4. The molecule has 1 amide bonds. The van der Waals surface area contributed by atoms with Crippen molar-refractivity contribution in [3.8, 4) is 11.8 Å². The summed E-state index contributed by atoms with van der Waals surface area (Å²) in [5.74, 6) is 4.93. The molecule has 0 radical (unpaired) electrons. The average Bonchev–Trinajstić information content (AvgIpc) is 2.46. The molecule has 2 heterocycles. The molecular weight excluding hydrogens is 258 g/mol. The van der Waals surface area contributed by atoms with E-state index in [-0.39, 0.29) is 23.4 Å². The van der Waals surface area contributed by atoms with E-state index in [1.807, 2.05) is 0 Å². The van der Waals surface area contributed by atoms with Gasteiger partial charge in [-0.2, -0.15) is 0 Å². The molecule has 0 fully saturated rings. The Kier molecular flexibility index (Phi) is 4.27. The fourth-order valence-corrected chi connectivity index (χ4v) is 1.50. The zero-order valence-corrected chi connectivity index (χ0v) is 10.4. The molecule has 0 aromatic carbocycles. The number of anilines is 1. The van der Waals surface area contributed by atoms with E-state index in [2.05, 4.69) is 27.1 Å². The standard InChI is InChI=1S/C14H11N3O3/c18-7-1-2-10-3-6-16-13(8-10)17-14(20)11-9-15-5-4-12(11)19/h3-6,8-9,18H,7H2,(H,15,19)(H,16,17,20). The fraction of sp³-hybridized carbons (Fsp3) is 0.0714. The summed E-state index contributed by atoms with van der Waals surface area (Å²) in [5, 5.41) is 11.1. The number of H-pyrrole nitrogens is 1. The maximum atomic E-state index is 11.9. The summed E-state index contributed by atoms with van der Waals surface area (Å²) in [6.45, 7) is -0.247. The lowest BCUT2D eigenvalue weighted by atomic mass is 10.2. The van der Waals surface area contributed by atoms with Crippen molar-refractivity contribution in [2.24, 2.45) is 0 Å². The highest BCUT2D eigenvalue weighted by Crippen LogP contribution is 2.06. The Hall–Kier alpha value is -2.91. The second-order valence-electron chi connectivity index (χ2n) is 3.77. The van der Waals surface area contributed by atoms with E-state index in [1.54, 1.807) is 12.1 Å². The molecule has 0 aliphatic carbocycles. The predicted molar refractivity (Wildman–Crippen MR) is 73.2 cm³/mol. The molecule has 0 aliphatic heterocycles. The number of hydrogen-bond acceptors (Lipinski definition) is 4. The molecule has 0 unspecified atom stereocenters. The molecule has 100 valence electrons. The van der Waals surface area contributed by atoms with Crippen LogP contribution in [-0.4, -0.2) is 27.6 Å². The molecule has 0 saturated heterocycles. The predicted octanol–water partition coefficient (Wildman–Crippen LogP) is 0.366. The van der Waals surface area contributed by atoms with Gasteiger partial charge in [0, 0.05) is 30.2 Å². The van der Waals surface area contributed by atoms with Crippen LogP contribution in [0.4, 0.5) is 5.82 Å². The second kappa shape index (κ2) is 6.31. The van der Waals surface area contributed by atoms with Gasteiger partial charge in [0.2, 0.25) is 0 Å². The van der Waals surface area contributed by atoms with Gasteiger partial charge in [0.25, 0.3) is 5.91 Å². The molecule has 0 atom stereocenters. The van der Waals surface area contributed by atoms with Gasteiger partial charge in [-0.25, -0.2) is 4.98 Å². The van der Waals surface area contributed by atoms with Gasteiger partial charge in [0.05, 0.1) is 0 Å². The third-order valence-corrected chi connectivity index (χ3v) is 2.38. The largest absolute Gasteiger partial charge is 0.384 e. The molecule has 2 aromatic heterocycles. The SMILES string of the molecule is O=C(Nc1cc(C#CCO)ccn1)c1c[nH]ccc1=O. The molecule has 20 heavy (non-hydrogen) atoms. The first kappa shape index (κ1) is 13.5. The Labute approximate surface area is 114 Å². The molecule has 2 rings (SSSR count). The molecule has 0 saturated carbocycles. The first-order valence-corrected chi connectivity index (χ1v) is 5.75. The van der Waals surface area contributed by atoms with Crippen LogP contribution in [0.1, 0.15) is 15.9 Å². The van der Waals surface area contributed by atoms with E-state index < -0.39 is 5.91 Å². The van der Waals surface area contributed by atoms with Gasteiger partial charge in [-0.05, 0) is 12.1 Å². The number of aliphatic hydroxyl groups excluding tert-OH is 1. The molecule has 2 aromatic rings. The van der Waals surface area contributed by atoms with Crippen molar-refractivity contribution in [2.75, 3.05) is 11.9 Å². The Morgan fingerprint density at radius 1 is 1.45 bits per heavy atom. The van der Waals surface area contributed by atoms with E-state index in [0.717, 1.165) is 0 Å². The summed E-state index contributed by atoms with van der Waals surface area (Å²) in [6.07, 6.45) is 4.25. The summed E-state index contributed by atoms with van der Waals surface area (Å²) in [7, 11) is 0. The Morgan fingerprint density at radius 2 is 2.30 bits per heavy atom. The maximum Gasteiger partial charge on any atom is 0.262 e. The van der Waals surface area contributed by atoms with Crippen LogP contribution in [0, 0.1) is 11.8 Å². The minimum absolute atomic E-state index is 0.00106. The zero-order chi connectivity index (χ0) is 14.4. The van der Waals surface area contributed by atoms with Gasteiger partial charge >= 0.3 is 0 Å². The van der Waals surface area contributed by atoms with Crippen LogP contribution in [0.3, 0.4) is 0 Å². The van der Waals surface area contributed by atoms with Crippen LogP contribution in [0.15, 0.2) is 41.6 Å². The number of aromatic amines is 1. The van der Waals surface area contributed by atoms with Crippen molar-refractivity contribution < 1.29 is 9.90 Å². The average molecular weight is 269 g/mol. The number of aromatic nitrogens is 2. The monoisotopic (exact) mass is 269 g/mol. The summed E-state index contributed by atoms with van der Waals surface area (Å²) in [6, 6.07) is 4.47. The topological polar surface area (TPSA) is 95.1 Å². The lowest BCUT2D eigenvalue weighted by Crippen LogP contribution is -2.21. The molecule has 3 N–H and O–H groups in total. The molecular formula is C14H11N3O3. The Bertz CT molecular complexity index is 741. The number of carbonyl (C=O) groups is 1. The highest BCUT2D eigenvalue weighted by atomic mass is 16.2. The van der Waals surface area contributed by atoms with Gasteiger partial charge in [-0.3, -0.25) is 9.59 Å². The van der Waals surface area contributed by atoms with Crippen LogP contribution in [0.5, 0.6) is 0 Å². The minimum atomic E-state index is -0.549.